The number of nitro benzene ring substituents is 2. The summed E-state index contributed by atoms with van der Waals surface area (Å²) < 4.78 is 5.37. The second-order valence-electron chi connectivity index (χ2n) is 4.03. The third-order valence-electron chi connectivity index (χ3n) is 2.71. The van der Waals surface area contributed by atoms with Crippen LogP contribution in [0.15, 0.2) is 42.5 Å². The lowest BCUT2D eigenvalue weighted by molar-refractivity contribution is -0.385. The Bertz CT molecular complexity index is 701. The van der Waals surface area contributed by atoms with Gasteiger partial charge in [-0.15, -0.1) is 0 Å². The first kappa shape index (κ1) is 14.4. The van der Waals surface area contributed by atoms with Crippen LogP contribution in [0, 0.1) is 20.2 Å². The van der Waals surface area contributed by atoms with Gasteiger partial charge in [0, 0.05) is 12.1 Å². The third-order valence-corrected chi connectivity index (χ3v) is 2.71. The molecule has 0 amide bonds. The van der Waals surface area contributed by atoms with E-state index in [1.165, 1.54) is 36.4 Å². The molecule has 1 N–H and O–H groups in total. The highest BCUT2D eigenvalue weighted by molar-refractivity contribution is 5.50. The van der Waals surface area contributed by atoms with Crippen molar-refractivity contribution in [3.63, 3.8) is 0 Å². The van der Waals surface area contributed by atoms with Crippen LogP contribution in [-0.2, 0) is 6.61 Å². The van der Waals surface area contributed by atoms with Gasteiger partial charge in [0.05, 0.1) is 22.0 Å². The zero-order valence-corrected chi connectivity index (χ0v) is 10.6. The van der Waals surface area contributed by atoms with Gasteiger partial charge in [0.2, 0.25) is 5.75 Å². The van der Waals surface area contributed by atoms with E-state index in [0.29, 0.717) is 0 Å². The lowest BCUT2D eigenvalue weighted by atomic mass is 10.2. The Morgan fingerprint density at radius 3 is 2.29 bits per heavy atom. The summed E-state index contributed by atoms with van der Waals surface area (Å²) in [6, 6.07) is 9.53. The van der Waals surface area contributed by atoms with Crippen LogP contribution in [0.3, 0.4) is 0 Å². The first-order valence-electron chi connectivity index (χ1n) is 5.82. The van der Waals surface area contributed by atoms with Crippen LogP contribution in [0.4, 0.5) is 11.4 Å². The highest BCUT2D eigenvalue weighted by Gasteiger charge is 2.17. The van der Waals surface area contributed by atoms with Crippen molar-refractivity contribution in [2.45, 2.75) is 6.61 Å². The molecule has 0 spiro atoms. The van der Waals surface area contributed by atoms with Crippen LogP contribution in [-0.4, -0.2) is 15.0 Å². The summed E-state index contributed by atoms with van der Waals surface area (Å²) in [5.74, 6) is 0.180. The van der Waals surface area contributed by atoms with Crippen LogP contribution in [0.5, 0.6) is 11.5 Å². The van der Waals surface area contributed by atoms with Gasteiger partial charge in [0.1, 0.15) is 5.75 Å². The number of hydrogen-bond donors (Lipinski definition) is 1. The van der Waals surface area contributed by atoms with Gasteiger partial charge in [-0.3, -0.25) is 20.2 Å². The quantitative estimate of drug-likeness (QED) is 0.668. The first-order chi connectivity index (χ1) is 10.0. The Labute approximate surface area is 118 Å². The molecule has 0 unspecified atom stereocenters. The number of ether oxygens (including phenoxy) is 1. The fraction of sp³-hybridized carbons (Fsp3) is 0.0769. The zero-order chi connectivity index (χ0) is 15.4. The van der Waals surface area contributed by atoms with Gasteiger partial charge in [0.25, 0.3) is 5.69 Å². The van der Waals surface area contributed by atoms with E-state index in [4.69, 9.17) is 9.84 Å². The predicted octanol–water partition coefficient (Wildman–Crippen LogP) is 2.79. The molecule has 21 heavy (non-hydrogen) atoms. The van der Waals surface area contributed by atoms with Gasteiger partial charge >= 0.3 is 5.69 Å². The smallest absolute Gasteiger partial charge is 0.311 e. The summed E-state index contributed by atoms with van der Waals surface area (Å²) in [5.41, 5.74) is -0.398. The fourth-order valence-electron chi connectivity index (χ4n) is 1.75. The Hall–Kier alpha value is -3.00. The van der Waals surface area contributed by atoms with E-state index in [0.717, 1.165) is 0 Å². The average Bonchev–Trinajstić information content (AvgIpc) is 2.47. The summed E-state index contributed by atoms with van der Waals surface area (Å²) in [4.78, 5) is 20.4. The molecule has 0 saturated heterocycles. The number of nitrogens with zero attached hydrogens (tertiary/aromatic N) is 2. The summed E-state index contributed by atoms with van der Waals surface area (Å²) in [6.45, 7) is -0.537. The molecule has 8 nitrogen and oxygen atoms in total. The Morgan fingerprint density at radius 2 is 1.67 bits per heavy atom. The maximum Gasteiger partial charge on any atom is 0.311 e. The van der Waals surface area contributed by atoms with Crippen molar-refractivity contribution in [2.24, 2.45) is 0 Å². The molecule has 8 heteroatoms. The van der Waals surface area contributed by atoms with E-state index in [-0.39, 0.29) is 28.4 Å². The second kappa shape index (κ2) is 5.97. The second-order valence-corrected chi connectivity index (χ2v) is 4.03. The van der Waals surface area contributed by atoms with Crippen molar-refractivity contribution in [1.82, 2.24) is 0 Å². The van der Waals surface area contributed by atoms with Crippen molar-refractivity contribution >= 4 is 11.4 Å². The molecule has 0 atom stereocenters. The number of aliphatic hydroxyl groups is 1. The Kier molecular flexibility index (Phi) is 4.10. The van der Waals surface area contributed by atoms with Crippen molar-refractivity contribution in [3.05, 3.63) is 68.3 Å². The number of hydrogen-bond acceptors (Lipinski definition) is 6. The standard InChI is InChI=1S/C13H10N2O6/c16-8-9-7-10(5-6-11(9)14(17)18)21-13-4-2-1-3-12(13)15(19)20/h1-7,16H,8H2. The van der Waals surface area contributed by atoms with Crippen molar-refractivity contribution in [1.29, 1.82) is 0 Å². The molecular weight excluding hydrogens is 280 g/mol. The lowest BCUT2D eigenvalue weighted by Crippen LogP contribution is -1.97. The predicted molar refractivity (Wildman–Crippen MR) is 72.2 cm³/mol. The number of benzene rings is 2. The van der Waals surface area contributed by atoms with E-state index in [2.05, 4.69) is 0 Å². The molecule has 0 bridgehead atoms. The summed E-state index contributed by atoms with van der Waals surface area (Å²) in [5, 5.41) is 30.8. The Balaban J connectivity index is 2.37. The molecule has 0 fully saturated rings. The molecule has 108 valence electrons. The molecular formula is C13H10N2O6. The van der Waals surface area contributed by atoms with E-state index >= 15 is 0 Å². The van der Waals surface area contributed by atoms with Gasteiger partial charge in [-0.2, -0.15) is 0 Å². The number of rotatable bonds is 5. The van der Waals surface area contributed by atoms with Gasteiger partial charge in [-0.1, -0.05) is 12.1 Å². The minimum Gasteiger partial charge on any atom is -0.450 e. The van der Waals surface area contributed by atoms with Gasteiger partial charge in [-0.25, -0.2) is 0 Å². The highest BCUT2D eigenvalue weighted by Crippen LogP contribution is 2.32. The molecule has 0 aliphatic rings. The van der Waals surface area contributed by atoms with Crippen LogP contribution >= 0.6 is 0 Å². The summed E-state index contributed by atoms with van der Waals surface area (Å²) in [7, 11) is 0. The topological polar surface area (TPSA) is 116 Å². The molecule has 2 aromatic carbocycles. The number of aliphatic hydroxyl groups excluding tert-OH is 1. The Morgan fingerprint density at radius 1 is 1.00 bits per heavy atom. The molecule has 0 saturated carbocycles. The minimum atomic E-state index is -0.625. The van der Waals surface area contributed by atoms with Crippen LogP contribution in [0.1, 0.15) is 5.56 Å². The highest BCUT2D eigenvalue weighted by atomic mass is 16.6. The lowest BCUT2D eigenvalue weighted by Gasteiger charge is -2.07. The maximum absolute atomic E-state index is 10.9. The largest absolute Gasteiger partial charge is 0.450 e. The molecule has 2 aromatic rings. The molecule has 0 aliphatic heterocycles. The van der Waals surface area contributed by atoms with E-state index in [1.54, 1.807) is 6.07 Å². The van der Waals surface area contributed by atoms with Gasteiger partial charge in [0.15, 0.2) is 0 Å². The van der Waals surface area contributed by atoms with E-state index in [1.807, 2.05) is 0 Å². The maximum atomic E-state index is 10.9. The molecule has 2 rings (SSSR count). The van der Waals surface area contributed by atoms with Crippen LogP contribution < -0.4 is 4.74 Å². The van der Waals surface area contributed by atoms with Gasteiger partial charge in [-0.05, 0) is 18.2 Å². The summed E-state index contributed by atoms with van der Waals surface area (Å²) >= 11 is 0. The number of nitro groups is 2. The fourth-order valence-corrected chi connectivity index (χ4v) is 1.75. The minimum absolute atomic E-state index is 0.0141. The third kappa shape index (κ3) is 3.12. The first-order valence-corrected chi connectivity index (χ1v) is 5.82. The molecule has 0 aliphatic carbocycles. The molecule has 0 aromatic heterocycles. The van der Waals surface area contributed by atoms with Crippen molar-refractivity contribution in [3.8, 4) is 11.5 Å². The molecule has 0 radical (unpaired) electrons. The SMILES string of the molecule is O=[N+]([O-])c1ccc(Oc2ccccc2[N+](=O)[O-])cc1CO. The van der Waals surface area contributed by atoms with Crippen molar-refractivity contribution in [2.75, 3.05) is 0 Å². The average molecular weight is 290 g/mol. The van der Waals surface area contributed by atoms with Crippen molar-refractivity contribution < 1.29 is 19.7 Å². The van der Waals surface area contributed by atoms with Crippen LogP contribution in [0.25, 0.3) is 0 Å². The number of para-hydroxylation sites is 2. The zero-order valence-electron chi connectivity index (χ0n) is 10.6. The van der Waals surface area contributed by atoms with Crippen LogP contribution in [0.2, 0.25) is 0 Å². The normalized spacial score (nSPS) is 10.1. The summed E-state index contributed by atoms with van der Waals surface area (Å²) in [6.07, 6.45) is 0. The van der Waals surface area contributed by atoms with E-state index in [9.17, 15) is 20.2 Å². The van der Waals surface area contributed by atoms with E-state index < -0.39 is 16.5 Å². The monoisotopic (exact) mass is 290 g/mol. The van der Waals surface area contributed by atoms with Gasteiger partial charge < -0.3 is 9.84 Å². The molecule has 0 heterocycles.